The zero-order valence-corrected chi connectivity index (χ0v) is 16.7. The van der Waals surface area contributed by atoms with Crippen molar-refractivity contribution in [2.75, 3.05) is 32.0 Å². The third-order valence-corrected chi connectivity index (χ3v) is 6.01. The molecule has 0 saturated heterocycles. The second-order valence-corrected chi connectivity index (χ2v) is 7.50. The quantitative estimate of drug-likeness (QED) is 0.706. The van der Waals surface area contributed by atoms with Gasteiger partial charge in [-0.15, -0.1) is 12.4 Å². The minimum Gasteiger partial charge on any atom is -0.326 e. The highest BCUT2D eigenvalue weighted by Crippen LogP contribution is 2.28. The normalized spacial score (nSPS) is 12.6. The van der Waals surface area contributed by atoms with Crippen molar-refractivity contribution in [1.82, 2.24) is 9.62 Å². The van der Waals surface area contributed by atoms with Gasteiger partial charge < -0.3 is 10.6 Å². The Balaban J connectivity index is 0.00000529. The fraction of sp³-hybridized carbons (Fsp3) is 0.533. The zero-order chi connectivity index (χ0) is 17.6. The van der Waals surface area contributed by atoms with Crippen LogP contribution in [-0.2, 0) is 14.8 Å². The first-order valence-corrected chi connectivity index (χ1v) is 9.34. The number of carbonyl (C=O) groups is 1. The van der Waals surface area contributed by atoms with Gasteiger partial charge in [0.2, 0.25) is 15.9 Å². The molecule has 24 heavy (non-hydrogen) atoms. The van der Waals surface area contributed by atoms with Crippen LogP contribution in [0, 0.1) is 5.92 Å². The van der Waals surface area contributed by atoms with Gasteiger partial charge in [0.15, 0.2) is 0 Å². The molecule has 0 spiro atoms. The molecular weight excluding hydrogens is 373 g/mol. The average Bonchev–Trinajstić information content (AvgIpc) is 2.50. The average molecular weight is 398 g/mol. The van der Waals surface area contributed by atoms with Crippen LogP contribution in [0.3, 0.4) is 0 Å². The summed E-state index contributed by atoms with van der Waals surface area (Å²) in [4.78, 5) is 12.1. The van der Waals surface area contributed by atoms with E-state index in [9.17, 15) is 13.2 Å². The first-order valence-electron chi connectivity index (χ1n) is 7.53. The lowest BCUT2D eigenvalue weighted by Gasteiger charge is -2.20. The number of halogens is 2. The van der Waals surface area contributed by atoms with Crippen LogP contribution in [0.15, 0.2) is 23.1 Å². The number of benzene rings is 1. The van der Waals surface area contributed by atoms with Gasteiger partial charge in [0.25, 0.3) is 0 Å². The molecule has 138 valence electrons. The van der Waals surface area contributed by atoms with E-state index in [0.29, 0.717) is 25.3 Å². The van der Waals surface area contributed by atoms with Crippen molar-refractivity contribution < 1.29 is 13.2 Å². The molecule has 1 atom stereocenters. The van der Waals surface area contributed by atoms with Crippen molar-refractivity contribution in [1.29, 1.82) is 0 Å². The molecule has 1 aromatic rings. The number of rotatable bonds is 8. The van der Waals surface area contributed by atoms with Gasteiger partial charge in [0.05, 0.1) is 5.02 Å². The summed E-state index contributed by atoms with van der Waals surface area (Å²) in [6, 6.07) is 4.48. The summed E-state index contributed by atoms with van der Waals surface area (Å²) < 4.78 is 26.5. The fourth-order valence-electron chi connectivity index (χ4n) is 2.15. The van der Waals surface area contributed by atoms with Crippen LogP contribution in [0.2, 0.25) is 5.02 Å². The standard InChI is InChI=1S/C15H24ClN3O3S.ClH/c1-5-19(6-2)23(21,22)14-9-12(7-8-13(14)16)18-15(20)11(3)10-17-4;/h7-9,11,17H,5-6,10H2,1-4H3,(H,18,20);1H. The molecule has 0 radical (unpaired) electrons. The topological polar surface area (TPSA) is 78.5 Å². The van der Waals surface area contributed by atoms with Gasteiger partial charge in [0, 0.05) is 31.2 Å². The van der Waals surface area contributed by atoms with E-state index in [-0.39, 0.29) is 34.2 Å². The number of sulfonamides is 1. The Morgan fingerprint density at radius 1 is 1.29 bits per heavy atom. The van der Waals surface area contributed by atoms with Gasteiger partial charge in [-0.05, 0) is 25.2 Å². The molecule has 0 bridgehead atoms. The molecule has 1 aromatic carbocycles. The Hall–Kier alpha value is -0.860. The summed E-state index contributed by atoms with van der Waals surface area (Å²) in [5, 5.41) is 5.78. The predicted molar refractivity (Wildman–Crippen MR) is 101 cm³/mol. The summed E-state index contributed by atoms with van der Waals surface area (Å²) in [5.41, 5.74) is 0.410. The molecule has 0 fully saturated rings. The Morgan fingerprint density at radius 3 is 2.38 bits per heavy atom. The molecule has 0 heterocycles. The Labute approximate surface area is 155 Å². The number of hydrogen-bond acceptors (Lipinski definition) is 4. The Bertz CT molecular complexity index is 649. The van der Waals surface area contributed by atoms with Crippen LogP contribution < -0.4 is 10.6 Å². The van der Waals surface area contributed by atoms with Gasteiger partial charge >= 0.3 is 0 Å². The van der Waals surface area contributed by atoms with Crippen molar-refractivity contribution in [2.45, 2.75) is 25.7 Å². The van der Waals surface area contributed by atoms with Crippen LogP contribution in [0.4, 0.5) is 5.69 Å². The number of anilines is 1. The molecule has 0 saturated carbocycles. The van der Waals surface area contributed by atoms with Gasteiger partial charge in [-0.1, -0.05) is 32.4 Å². The molecular formula is C15H25Cl2N3O3S. The van der Waals surface area contributed by atoms with Crippen molar-refractivity contribution in [3.63, 3.8) is 0 Å². The van der Waals surface area contributed by atoms with Gasteiger partial charge in [0.1, 0.15) is 4.90 Å². The maximum atomic E-state index is 12.6. The predicted octanol–water partition coefficient (Wildman–Crippen LogP) is 2.59. The molecule has 0 aliphatic heterocycles. The van der Waals surface area contributed by atoms with Gasteiger partial charge in [-0.3, -0.25) is 4.79 Å². The fourth-order valence-corrected chi connectivity index (χ4v) is 4.10. The third-order valence-electron chi connectivity index (χ3n) is 3.48. The smallest absolute Gasteiger partial charge is 0.244 e. The molecule has 0 aromatic heterocycles. The van der Waals surface area contributed by atoms with Crippen LogP contribution in [0.5, 0.6) is 0 Å². The van der Waals surface area contributed by atoms with E-state index in [1.807, 2.05) is 0 Å². The molecule has 1 amide bonds. The first-order chi connectivity index (χ1) is 10.8. The van der Waals surface area contributed by atoms with Crippen molar-refractivity contribution >= 4 is 45.6 Å². The van der Waals surface area contributed by atoms with Crippen molar-refractivity contribution in [3.8, 4) is 0 Å². The van der Waals surface area contributed by atoms with Crippen molar-refractivity contribution in [3.05, 3.63) is 23.2 Å². The Kier molecular flexibility index (Phi) is 9.84. The zero-order valence-electron chi connectivity index (χ0n) is 14.3. The minimum atomic E-state index is -3.68. The molecule has 9 heteroatoms. The highest BCUT2D eigenvalue weighted by Gasteiger charge is 2.25. The van der Waals surface area contributed by atoms with Gasteiger partial charge in [-0.2, -0.15) is 4.31 Å². The lowest BCUT2D eigenvalue weighted by Crippen LogP contribution is -2.31. The van der Waals surface area contributed by atoms with Gasteiger partial charge in [-0.25, -0.2) is 8.42 Å². The highest BCUT2D eigenvalue weighted by molar-refractivity contribution is 7.89. The number of nitrogens with zero attached hydrogens (tertiary/aromatic N) is 1. The number of nitrogens with one attached hydrogen (secondary N) is 2. The molecule has 6 nitrogen and oxygen atoms in total. The SMILES string of the molecule is CCN(CC)S(=O)(=O)c1cc(NC(=O)C(C)CNC)ccc1Cl.Cl. The number of amides is 1. The largest absolute Gasteiger partial charge is 0.326 e. The minimum absolute atomic E-state index is 0. The Morgan fingerprint density at radius 2 is 1.88 bits per heavy atom. The molecule has 2 N–H and O–H groups in total. The summed E-state index contributed by atoms with van der Waals surface area (Å²) in [5.74, 6) is -0.425. The van der Waals surface area contributed by atoms with E-state index in [0.717, 1.165) is 0 Å². The number of carbonyl (C=O) groups excluding carboxylic acids is 1. The molecule has 0 aliphatic rings. The highest BCUT2D eigenvalue weighted by atomic mass is 35.5. The van der Waals surface area contributed by atoms with Crippen LogP contribution in [0.25, 0.3) is 0 Å². The van der Waals surface area contributed by atoms with E-state index in [1.165, 1.54) is 16.4 Å². The molecule has 0 aliphatic carbocycles. The number of hydrogen-bond donors (Lipinski definition) is 2. The monoisotopic (exact) mass is 397 g/mol. The lowest BCUT2D eigenvalue weighted by molar-refractivity contribution is -0.119. The van der Waals surface area contributed by atoms with E-state index in [1.54, 1.807) is 33.9 Å². The molecule has 1 rings (SSSR count). The van der Waals surface area contributed by atoms with E-state index >= 15 is 0 Å². The summed E-state index contributed by atoms with van der Waals surface area (Å²) in [7, 11) is -1.92. The summed E-state index contributed by atoms with van der Waals surface area (Å²) >= 11 is 6.06. The van der Waals surface area contributed by atoms with Crippen molar-refractivity contribution in [2.24, 2.45) is 5.92 Å². The summed E-state index contributed by atoms with van der Waals surface area (Å²) in [6.07, 6.45) is 0. The van der Waals surface area contributed by atoms with Crippen LogP contribution >= 0.6 is 24.0 Å². The maximum absolute atomic E-state index is 12.6. The van der Waals surface area contributed by atoms with E-state index < -0.39 is 10.0 Å². The van der Waals surface area contributed by atoms with Crippen LogP contribution in [0.1, 0.15) is 20.8 Å². The summed E-state index contributed by atoms with van der Waals surface area (Å²) in [6.45, 7) is 6.55. The van der Waals surface area contributed by atoms with E-state index in [4.69, 9.17) is 11.6 Å². The van der Waals surface area contributed by atoms with Crippen LogP contribution in [-0.4, -0.2) is 45.3 Å². The maximum Gasteiger partial charge on any atom is 0.244 e. The van der Waals surface area contributed by atoms with E-state index in [2.05, 4.69) is 10.6 Å². The molecule has 1 unspecified atom stereocenters. The third kappa shape index (κ3) is 5.60. The second kappa shape index (κ2) is 10.2. The second-order valence-electron chi connectivity index (χ2n) is 5.18. The first kappa shape index (κ1) is 23.1. The lowest BCUT2D eigenvalue weighted by atomic mass is 10.1.